The molecule has 3 aliphatic carbocycles. The Morgan fingerprint density at radius 1 is 0.294 bits per heavy atom. The Hall–Kier alpha value is -2.58. The SMILES string of the molecule is CC(=O)O[Si](CCC1CCC2OC2C1)(OC(C)=O)OC(C)=O.CC(=O)O[Si](CCCOCC1CO1)(OC(C)=O)OC(C)=O.CCO[Si](C)(CCCOCC1CO1)OCC.CO[Si](C)(CCC1CCC2OC2C1)OC.CO[Si](C)(CCCOCC1CO1)OC.CO[Si](CCC1CCC2OC2C1)(OC)OC.CO[Si](CCCOCC1CO1)(OC)OC. The van der Waals surface area contributed by atoms with Crippen molar-refractivity contribution in [1.82, 2.24) is 0 Å². The van der Waals surface area contributed by atoms with Crippen molar-refractivity contribution in [1.29, 1.82) is 0 Å². The zero-order chi connectivity index (χ0) is 88.1. The van der Waals surface area contributed by atoms with Gasteiger partial charge in [0, 0.05) is 164 Å². The predicted molar refractivity (Wildman–Crippen MR) is 448 cm³/mol. The van der Waals surface area contributed by atoms with Crippen LogP contribution in [0.25, 0.3) is 0 Å². The number of carbonyl (C=O) groups is 6. The van der Waals surface area contributed by atoms with E-state index in [1.54, 1.807) is 71.1 Å². The summed E-state index contributed by atoms with van der Waals surface area (Å²) in [6.45, 7) is 27.5. The van der Waals surface area contributed by atoms with Gasteiger partial charge in [-0.2, -0.15) is 0 Å². The molecule has 35 nitrogen and oxygen atoms in total. The maximum Gasteiger partial charge on any atom is 0.705 e. The number of ether oxygens (including phenoxy) is 11. The highest BCUT2D eigenvalue weighted by molar-refractivity contribution is 6.67. The Morgan fingerprint density at radius 3 is 0.782 bits per heavy atom. The molecule has 0 spiro atoms. The maximum absolute atomic E-state index is 11.3. The van der Waals surface area contributed by atoms with Gasteiger partial charge in [0.05, 0.1) is 102 Å². The number of fused-ring (bicyclic) bond motifs is 3. The molecule has 7 aliphatic heterocycles. The van der Waals surface area contributed by atoms with Gasteiger partial charge in [-0.15, -0.1) is 0 Å². The third-order valence-electron chi connectivity index (χ3n) is 21.6. The first kappa shape index (κ1) is 109. The molecular weight excluding hydrogens is 1680 g/mol. The third kappa shape index (κ3) is 47.7. The van der Waals surface area contributed by atoms with Gasteiger partial charge in [0.25, 0.3) is 35.8 Å². The Balaban J connectivity index is 0.000000294. The summed E-state index contributed by atoms with van der Waals surface area (Å²) < 4.78 is 154. The second-order valence-corrected chi connectivity index (χ2v) is 53.1. The zero-order valence-corrected chi connectivity index (χ0v) is 82.5. The van der Waals surface area contributed by atoms with Crippen LogP contribution >= 0.6 is 0 Å². The van der Waals surface area contributed by atoms with Crippen molar-refractivity contribution in [3.8, 4) is 0 Å². The lowest BCUT2D eigenvalue weighted by molar-refractivity contribution is -0.151. The summed E-state index contributed by atoms with van der Waals surface area (Å²) in [7, 11) is -0.842. The van der Waals surface area contributed by atoms with Gasteiger partial charge in [0.2, 0.25) is 0 Å². The molecule has 13 atom stereocenters. The summed E-state index contributed by atoms with van der Waals surface area (Å²) >= 11 is 0. The first-order valence-electron chi connectivity index (χ1n) is 42.4. The van der Waals surface area contributed by atoms with Crippen molar-refractivity contribution in [2.24, 2.45) is 17.8 Å². The Kier molecular flexibility index (Phi) is 52.3. The van der Waals surface area contributed by atoms with Crippen molar-refractivity contribution in [2.75, 3.05) is 164 Å². The molecule has 696 valence electrons. The van der Waals surface area contributed by atoms with Gasteiger partial charge in [-0.3, -0.25) is 28.8 Å². The van der Waals surface area contributed by atoms with Crippen LogP contribution in [0.3, 0.4) is 0 Å². The lowest BCUT2D eigenvalue weighted by atomic mass is 9.88. The molecular formula is C77H150O35Si7. The van der Waals surface area contributed by atoms with Crippen molar-refractivity contribution < 1.29 is 161 Å². The normalized spacial score (nSPS) is 24.6. The molecule has 7 heterocycles. The Bertz CT molecular complexity index is 2720. The summed E-state index contributed by atoms with van der Waals surface area (Å²) in [5.41, 5.74) is 0. The largest absolute Gasteiger partial charge is 0.705 e. The Labute approximate surface area is 716 Å². The summed E-state index contributed by atoms with van der Waals surface area (Å²) in [6, 6.07) is 5.17. The topological polar surface area (TPSA) is 393 Å². The van der Waals surface area contributed by atoms with Gasteiger partial charge < -0.3 is 132 Å². The lowest BCUT2D eigenvalue weighted by Crippen LogP contribution is -2.49. The average molecular weight is 1830 g/mol. The van der Waals surface area contributed by atoms with E-state index in [0.29, 0.717) is 107 Å². The maximum atomic E-state index is 11.3. The van der Waals surface area contributed by atoms with Gasteiger partial charge in [-0.1, -0.05) is 0 Å². The third-order valence-corrected chi connectivity index (χ3v) is 41.6. The van der Waals surface area contributed by atoms with E-state index >= 15 is 0 Å². The van der Waals surface area contributed by atoms with Crippen LogP contribution in [0.15, 0.2) is 0 Å². The molecule has 0 aromatic heterocycles. The van der Waals surface area contributed by atoms with E-state index in [9.17, 15) is 28.8 Å². The molecule has 10 aliphatic rings. The van der Waals surface area contributed by atoms with E-state index in [1.165, 1.54) is 65.7 Å². The number of hydrogen-bond acceptors (Lipinski definition) is 35. The highest BCUT2D eigenvalue weighted by Crippen LogP contribution is 2.44. The van der Waals surface area contributed by atoms with Gasteiger partial charge in [0.1, 0.15) is 24.4 Å². The smallest absolute Gasteiger partial charge is 0.455 e. The molecule has 3 saturated carbocycles. The van der Waals surface area contributed by atoms with Crippen LogP contribution in [0.1, 0.15) is 158 Å². The molecule has 10 rings (SSSR count). The zero-order valence-electron chi connectivity index (χ0n) is 75.5. The fraction of sp³-hybridized carbons (Fsp3) is 0.922. The van der Waals surface area contributed by atoms with Crippen molar-refractivity contribution in [2.45, 2.75) is 281 Å². The molecule has 10 fully saturated rings. The summed E-state index contributed by atoms with van der Waals surface area (Å²) in [5, 5.41) is 0. The molecule has 13 unspecified atom stereocenters. The van der Waals surface area contributed by atoms with Gasteiger partial charge in [-0.25, -0.2) is 0 Å². The predicted octanol–water partition coefficient (Wildman–Crippen LogP) is 9.89. The van der Waals surface area contributed by atoms with E-state index in [2.05, 4.69) is 19.6 Å². The minimum atomic E-state index is -3.71. The van der Waals surface area contributed by atoms with Crippen LogP contribution < -0.4 is 0 Å². The van der Waals surface area contributed by atoms with E-state index < -0.39 is 96.7 Å². The number of epoxide rings is 7. The summed E-state index contributed by atoms with van der Waals surface area (Å²) in [4.78, 5) is 67.6. The summed E-state index contributed by atoms with van der Waals surface area (Å²) in [5.74, 6) is -1.88. The van der Waals surface area contributed by atoms with E-state index in [-0.39, 0.29) is 18.2 Å². The van der Waals surface area contributed by atoms with E-state index in [4.69, 9.17) is 132 Å². The molecule has 0 aromatic rings. The van der Waals surface area contributed by atoms with Crippen LogP contribution in [0.2, 0.25) is 61.9 Å². The molecule has 119 heavy (non-hydrogen) atoms. The number of carbonyl (C=O) groups excluding carboxylic acids is 6. The van der Waals surface area contributed by atoms with Crippen LogP contribution in [0.5, 0.6) is 0 Å². The van der Waals surface area contributed by atoms with Crippen LogP contribution in [0, 0.1) is 17.8 Å². The van der Waals surface area contributed by atoms with Gasteiger partial charge >= 0.3 is 60.9 Å². The fourth-order valence-corrected chi connectivity index (χ4v) is 27.6. The minimum absolute atomic E-state index is 0.122. The molecule has 0 aromatic carbocycles. The second kappa shape index (κ2) is 57.3. The molecule has 0 bridgehead atoms. The molecule has 7 saturated heterocycles. The lowest BCUT2D eigenvalue weighted by Gasteiger charge is -2.28. The van der Waals surface area contributed by atoms with Crippen LogP contribution in [0.4, 0.5) is 0 Å². The molecule has 42 heteroatoms. The first-order chi connectivity index (χ1) is 56.7. The molecule has 0 radical (unpaired) electrons. The minimum Gasteiger partial charge on any atom is -0.455 e. The standard InChI is InChI=1S/C14H22O7Si.C12H20O8Si.C11H22O4Si.C11H24O4Si.C11H22O3Si.C9H20O5Si.C9H20O4Si/c1-9(15)19-22(20-10(2)16,21-11(3)17)7-6-12-4-5-13-14(8-12)18-13;1-9(13)18-21(19-10(2)14,20-11(3)15)6-4-5-16-7-12-8-17-12;1-12-16(13-2,14-3)7-6-9-4-5-10-11(8-9)15-10;1-4-14-16(3,15-5-2)8-6-7-12-9-11-10-13-11;1-12-15(3,13-2)7-6-9-4-5-10-11(8-9)14-10;1-10-15(11-2,12-3)6-4-5-13-7-9-8-14-9;1-10-14(3,11-2)6-4-5-12-7-9-8-13-9/h12-14H,4-8H2,1-3H3;12H,4-8H2,1-3H3;9-11H,4-8H2,1-3H3;11H,4-10H2,1-3H3;9-11H,4-8H2,1-3H3;9H,4-8H2,1-3H3;9H,4-8H2,1-3H3. The van der Waals surface area contributed by atoms with E-state index in [1.807, 2.05) is 13.8 Å². The Morgan fingerprint density at radius 2 is 0.529 bits per heavy atom. The molecule has 0 amide bonds. The number of hydrogen-bond donors (Lipinski definition) is 0. The van der Waals surface area contributed by atoms with Crippen molar-refractivity contribution in [3.63, 3.8) is 0 Å². The van der Waals surface area contributed by atoms with E-state index in [0.717, 1.165) is 167 Å². The quantitative estimate of drug-likeness (QED) is 0.0310. The van der Waals surface area contributed by atoms with Gasteiger partial charge in [0.15, 0.2) is 0 Å². The monoisotopic (exact) mass is 1830 g/mol. The highest BCUT2D eigenvalue weighted by atomic mass is 28.4. The van der Waals surface area contributed by atoms with Crippen molar-refractivity contribution >= 4 is 96.7 Å². The fourth-order valence-electron chi connectivity index (χ4n) is 14.0. The van der Waals surface area contributed by atoms with Gasteiger partial charge in [-0.05, 0) is 172 Å². The summed E-state index contributed by atoms with van der Waals surface area (Å²) in [6.07, 6.45) is 21.3. The average Bonchev–Trinajstić information content (AvgIpc) is 1.67. The van der Waals surface area contributed by atoms with Crippen LogP contribution in [-0.2, 0) is 161 Å². The van der Waals surface area contributed by atoms with Crippen LogP contribution in [-0.4, -0.2) is 321 Å². The van der Waals surface area contributed by atoms with Crippen molar-refractivity contribution in [3.05, 3.63) is 0 Å². The highest BCUT2D eigenvalue weighted by Gasteiger charge is 2.55. The number of rotatable bonds is 53. The first-order valence-corrected chi connectivity index (χ1v) is 57.7. The second-order valence-electron chi connectivity index (χ2n) is 31.4. The molecule has 0 N–H and O–H groups in total.